The van der Waals surface area contributed by atoms with E-state index in [2.05, 4.69) is 28.5 Å². The van der Waals surface area contributed by atoms with Crippen LogP contribution in [0.1, 0.15) is 29.9 Å². The number of carbonyl (C=O) groups is 1. The quantitative estimate of drug-likeness (QED) is 0.798. The molecule has 0 saturated carbocycles. The fourth-order valence-corrected chi connectivity index (χ4v) is 1.53. The van der Waals surface area contributed by atoms with Gasteiger partial charge in [0.1, 0.15) is 0 Å². The van der Waals surface area contributed by atoms with Gasteiger partial charge >= 0.3 is 5.97 Å². The highest BCUT2D eigenvalue weighted by molar-refractivity contribution is 7.99. The van der Waals surface area contributed by atoms with Crippen LogP contribution in [0.15, 0.2) is 6.20 Å². The summed E-state index contributed by atoms with van der Waals surface area (Å²) in [5, 5.41) is 3.62. The molecule has 0 fully saturated rings. The van der Waals surface area contributed by atoms with Crippen LogP contribution in [0.4, 0.5) is 5.95 Å². The lowest BCUT2D eigenvalue weighted by atomic mass is 10.2. The average Bonchev–Trinajstić information content (AvgIpc) is 2.36. The largest absolute Gasteiger partial charge is 0.462 e. The van der Waals surface area contributed by atoms with E-state index in [4.69, 9.17) is 4.74 Å². The van der Waals surface area contributed by atoms with Gasteiger partial charge in [-0.25, -0.2) is 14.8 Å². The maximum Gasteiger partial charge on any atom is 0.341 e. The molecule has 1 heterocycles. The maximum absolute atomic E-state index is 11.6. The molecule has 1 N–H and O–H groups in total. The number of hydrogen-bond acceptors (Lipinski definition) is 6. The summed E-state index contributed by atoms with van der Waals surface area (Å²) < 4.78 is 4.92. The fraction of sp³-hybridized carbons (Fsp3) is 0.583. The predicted octanol–water partition coefficient (Wildman–Crippen LogP) is 2.13. The molecule has 0 aliphatic carbocycles. The standard InChI is InChI=1S/C12H19N3O2S/c1-5-17-11(16)10-7-14-12(15-9(10)3)13-6-8(2)18-4/h7-8H,5-6H2,1-4H3,(H,13,14,15). The Balaban J connectivity index is 2.70. The van der Waals surface area contributed by atoms with Crippen molar-refractivity contribution in [2.75, 3.05) is 24.7 Å². The number of aryl methyl sites for hydroxylation is 1. The zero-order valence-corrected chi connectivity index (χ0v) is 12.0. The zero-order chi connectivity index (χ0) is 13.5. The smallest absolute Gasteiger partial charge is 0.341 e. The van der Waals surface area contributed by atoms with Crippen LogP contribution in [-0.2, 0) is 4.74 Å². The van der Waals surface area contributed by atoms with Crippen molar-refractivity contribution in [1.82, 2.24) is 9.97 Å². The van der Waals surface area contributed by atoms with E-state index in [1.165, 1.54) is 6.20 Å². The molecule has 1 aromatic heterocycles. The van der Waals surface area contributed by atoms with Crippen molar-refractivity contribution in [3.8, 4) is 0 Å². The van der Waals surface area contributed by atoms with Crippen LogP contribution in [-0.4, -0.2) is 40.6 Å². The Morgan fingerprint density at radius 3 is 2.89 bits per heavy atom. The summed E-state index contributed by atoms with van der Waals surface area (Å²) in [6.07, 6.45) is 3.56. The molecule has 0 aliphatic rings. The lowest BCUT2D eigenvalue weighted by Crippen LogP contribution is -2.16. The first kappa shape index (κ1) is 14.8. The van der Waals surface area contributed by atoms with Gasteiger partial charge in [-0.05, 0) is 20.1 Å². The van der Waals surface area contributed by atoms with Crippen molar-refractivity contribution in [2.45, 2.75) is 26.0 Å². The molecule has 1 unspecified atom stereocenters. The van der Waals surface area contributed by atoms with Crippen molar-refractivity contribution >= 4 is 23.7 Å². The molecule has 6 heteroatoms. The van der Waals surface area contributed by atoms with E-state index >= 15 is 0 Å². The van der Waals surface area contributed by atoms with Crippen LogP contribution in [0.5, 0.6) is 0 Å². The Bertz CT molecular complexity index is 412. The van der Waals surface area contributed by atoms with Gasteiger partial charge in [0, 0.05) is 18.0 Å². The van der Waals surface area contributed by atoms with Crippen molar-refractivity contribution in [3.63, 3.8) is 0 Å². The first-order valence-electron chi connectivity index (χ1n) is 5.85. The van der Waals surface area contributed by atoms with Crippen molar-refractivity contribution in [1.29, 1.82) is 0 Å². The second-order valence-electron chi connectivity index (χ2n) is 3.84. The highest BCUT2D eigenvalue weighted by Crippen LogP contribution is 2.10. The number of anilines is 1. The third-order valence-electron chi connectivity index (χ3n) is 2.42. The molecule has 0 aliphatic heterocycles. The minimum atomic E-state index is -0.376. The first-order valence-corrected chi connectivity index (χ1v) is 7.14. The van der Waals surface area contributed by atoms with Crippen molar-refractivity contribution in [3.05, 3.63) is 17.5 Å². The number of aromatic nitrogens is 2. The summed E-state index contributed by atoms with van der Waals surface area (Å²) in [5.74, 6) is 0.167. The lowest BCUT2D eigenvalue weighted by Gasteiger charge is -2.11. The molecule has 0 bridgehead atoms. The molecule has 18 heavy (non-hydrogen) atoms. The molecule has 5 nitrogen and oxygen atoms in total. The summed E-state index contributed by atoms with van der Waals surface area (Å²) in [7, 11) is 0. The van der Waals surface area contributed by atoms with E-state index in [9.17, 15) is 4.79 Å². The minimum Gasteiger partial charge on any atom is -0.462 e. The normalized spacial score (nSPS) is 12.0. The Hall–Kier alpha value is -1.30. The van der Waals surface area contributed by atoms with Crippen LogP contribution >= 0.6 is 11.8 Å². The van der Waals surface area contributed by atoms with Gasteiger partial charge in [-0.3, -0.25) is 0 Å². The van der Waals surface area contributed by atoms with Crippen LogP contribution in [0, 0.1) is 6.92 Å². The van der Waals surface area contributed by atoms with Gasteiger partial charge in [-0.15, -0.1) is 0 Å². The number of hydrogen-bond donors (Lipinski definition) is 1. The molecule has 0 saturated heterocycles. The summed E-state index contributed by atoms with van der Waals surface area (Å²) in [4.78, 5) is 19.9. The average molecular weight is 269 g/mol. The van der Waals surface area contributed by atoms with E-state index in [0.29, 0.717) is 29.1 Å². The Morgan fingerprint density at radius 1 is 1.61 bits per heavy atom. The van der Waals surface area contributed by atoms with Crippen LogP contribution in [0.3, 0.4) is 0 Å². The number of nitrogens with zero attached hydrogens (tertiary/aromatic N) is 2. The van der Waals surface area contributed by atoms with Crippen LogP contribution in [0.25, 0.3) is 0 Å². The van der Waals surface area contributed by atoms with E-state index in [1.807, 2.05) is 0 Å². The highest BCUT2D eigenvalue weighted by atomic mass is 32.2. The fourth-order valence-electron chi connectivity index (χ4n) is 1.28. The van der Waals surface area contributed by atoms with Crippen LogP contribution in [0.2, 0.25) is 0 Å². The molecule has 0 spiro atoms. The van der Waals surface area contributed by atoms with Gasteiger partial charge < -0.3 is 10.1 Å². The Morgan fingerprint density at radius 2 is 2.33 bits per heavy atom. The van der Waals surface area contributed by atoms with Crippen molar-refractivity contribution in [2.24, 2.45) is 0 Å². The number of nitrogens with one attached hydrogen (secondary N) is 1. The maximum atomic E-state index is 11.6. The molecule has 1 aromatic rings. The minimum absolute atomic E-state index is 0.351. The molecular weight excluding hydrogens is 250 g/mol. The monoisotopic (exact) mass is 269 g/mol. The molecule has 0 amide bonds. The molecule has 1 atom stereocenters. The van der Waals surface area contributed by atoms with Gasteiger partial charge in [0.25, 0.3) is 0 Å². The first-order chi connectivity index (χ1) is 8.58. The van der Waals surface area contributed by atoms with Gasteiger partial charge in [0.15, 0.2) is 0 Å². The molecule has 100 valence electrons. The molecule has 0 aromatic carbocycles. The van der Waals surface area contributed by atoms with E-state index < -0.39 is 0 Å². The SMILES string of the molecule is CCOC(=O)c1cnc(NCC(C)SC)nc1C. The summed E-state index contributed by atoms with van der Waals surface area (Å²) in [6, 6.07) is 0. The summed E-state index contributed by atoms with van der Waals surface area (Å²) in [5.41, 5.74) is 1.04. The number of thioether (sulfide) groups is 1. The van der Waals surface area contributed by atoms with E-state index in [0.717, 1.165) is 6.54 Å². The highest BCUT2D eigenvalue weighted by Gasteiger charge is 2.12. The predicted molar refractivity (Wildman–Crippen MR) is 74.2 cm³/mol. The van der Waals surface area contributed by atoms with E-state index in [-0.39, 0.29) is 5.97 Å². The van der Waals surface area contributed by atoms with Gasteiger partial charge in [-0.2, -0.15) is 11.8 Å². The Kier molecular flexibility index (Phi) is 5.91. The third kappa shape index (κ3) is 4.18. The summed E-state index contributed by atoms with van der Waals surface area (Å²) in [6.45, 7) is 6.81. The van der Waals surface area contributed by atoms with Gasteiger partial charge in [0.2, 0.25) is 5.95 Å². The molecular formula is C12H19N3O2S. The second kappa shape index (κ2) is 7.20. The topological polar surface area (TPSA) is 64.1 Å². The second-order valence-corrected chi connectivity index (χ2v) is 5.12. The third-order valence-corrected chi connectivity index (χ3v) is 3.40. The van der Waals surface area contributed by atoms with Crippen LogP contribution < -0.4 is 5.32 Å². The number of ether oxygens (including phenoxy) is 1. The Labute approximate surface area is 112 Å². The zero-order valence-electron chi connectivity index (χ0n) is 11.2. The van der Waals surface area contributed by atoms with Crippen molar-refractivity contribution < 1.29 is 9.53 Å². The number of carbonyl (C=O) groups excluding carboxylic acids is 1. The van der Waals surface area contributed by atoms with Gasteiger partial charge in [-0.1, -0.05) is 6.92 Å². The number of esters is 1. The lowest BCUT2D eigenvalue weighted by molar-refractivity contribution is 0.0524. The van der Waals surface area contributed by atoms with Gasteiger partial charge in [0.05, 0.1) is 17.9 Å². The van der Waals surface area contributed by atoms with E-state index in [1.54, 1.807) is 25.6 Å². The summed E-state index contributed by atoms with van der Waals surface area (Å²) >= 11 is 1.77. The molecule has 1 rings (SSSR count). The molecule has 0 radical (unpaired) electrons. The number of rotatable bonds is 6.